The number of phenols is 1. The molecular weight excluding hydrogens is 262 g/mol. The van der Waals surface area contributed by atoms with Gasteiger partial charge in [0.2, 0.25) is 0 Å². The van der Waals surface area contributed by atoms with E-state index in [9.17, 15) is 9.90 Å². The Balaban J connectivity index is 2.26. The molecule has 0 atom stereocenters. The zero-order valence-electron chi connectivity index (χ0n) is 10.7. The van der Waals surface area contributed by atoms with Crippen molar-refractivity contribution in [3.63, 3.8) is 0 Å². The lowest BCUT2D eigenvalue weighted by atomic mass is 10.1. The molecule has 0 saturated heterocycles. The predicted molar refractivity (Wildman–Crippen MR) is 77.0 cm³/mol. The largest absolute Gasteiger partial charge is 0.508 e. The van der Waals surface area contributed by atoms with Crippen molar-refractivity contribution in [1.82, 2.24) is 0 Å². The number of phenolic OH excluding ortho intramolecular Hbond substituents is 1. The number of aromatic hydroxyl groups is 1. The van der Waals surface area contributed by atoms with Gasteiger partial charge in [-0.2, -0.15) is 0 Å². The van der Waals surface area contributed by atoms with Crippen molar-refractivity contribution in [2.24, 2.45) is 0 Å². The van der Waals surface area contributed by atoms with Crippen LogP contribution in [0.2, 0.25) is 5.02 Å². The lowest BCUT2D eigenvalue weighted by Gasteiger charge is -2.09. The fourth-order valence-corrected chi connectivity index (χ4v) is 1.96. The molecule has 19 heavy (non-hydrogen) atoms. The van der Waals surface area contributed by atoms with Crippen molar-refractivity contribution in [3.8, 4) is 5.75 Å². The molecule has 4 heteroatoms. The van der Waals surface area contributed by atoms with E-state index in [0.29, 0.717) is 21.8 Å². The van der Waals surface area contributed by atoms with E-state index in [4.69, 9.17) is 11.6 Å². The molecule has 0 bridgehead atoms. The summed E-state index contributed by atoms with van der Waals surface area (Å²) in [6.45, 7) is 3.58. The molecule has 0 aliphatic carbocycles. The van der Waals surface area contributed by atoms with Crippen LogP contribution in [0.4, 0.5) is 5.69 Å². The van der Waals surface area contributed by atoms with Gasteiger partial charge in [0, 0.05) is 16.3 Å². The number of carbonyl (C=O) groups excluding carboxylic acids is 1. The summed E-state index contributed by atoms with van der Waals surface area (Å²) in [6.07, 6.45) is 0. The Morgan fingerprint density at radius 3 is 2.63 bits per heavy atom. The van der Waals surface area contributed by atoms with Crippen LogP contribution in [-0.2, 0) is 0 Å². The van der Waals surface area contributed by atoms with Gasteiger partial charge in [-0.15, -0.1) is 0 Å². The fourth-order valence-electron chi connectivity index (χ4n) is 1.79. The second kappa shape index (κ2) is 5.33. The third kappa shape index (κ3) is 2.88. The topological polar surface area (TPSA) is 49.3 Å². The molecule has 0 spiro atoms. The van der Waals surface area contributed by atoms with Gasteiger partial charge in [-0.1, -0.05) is 17.7 Å². The molecule has 0 aromatic heterocycles. The van der Waals surface area contributed by atoms with Crippen molar-refractivity contribution in [1.29, 1.82) is 0 Å². The molecule has 2 rings (SSSR count). The SMILES string of the molecule is Cc1cc(NC(=O)c2cccc(Cl)c2C)ccc1O. The normalized spacial score (nSPS) is 10.3. The highest BCUT2D eigenvalue weighted by atomic mass is 35.5. The van der Waals surface area contributed by atoms with Gasteiger partial charge < -0.3 is 10.4 Å². The Morgan fingerprint density at radius 1 is 1.21 bits per heavy atom. The molecule has 0 saturated carbocycles. The van der Waals surface area contributed by atoms with Crippen LogP contribution < -0.4 is 5.32 Å². The minimum Gasteiger partial charge on any atom is -0.508 e. The first-order valence-corrected chi connectivity index (χ1v) is 6.23. The fraction of sp³-hybridized carbons (Fsp3) is 0.133. The molecule has 98 valence electrons. The van der Waals surface area contributed by atoms with Gasteiger partial charge in [-0.05, 0) is 55.3 Å². The first-order chi connectivity index (χ1) is 8.99. The van der Waals surface area contributed by atoms with E-state index in [2.05, 4.69) is 5.32 Å². The molecule has 0 aliphatic rings. The van der Waals surface area contributed by atoms with Crippen LogP contribution in [0.25, 0.3) is 0 Å². The summed E-state index contributed by atoms with van der Waals surface area (Å²) in [7, 11) is 0. The molecule has 2 aromatic rings. The average Bonchev–Trinajstić information content (AvgIpc) is 2.37. The van der Waals surface area contributed by atoms with Gasteiger partial charge in [-0.3, -0.25) is 4.79 Å². The molecule has 0 aliphatic heterocycles. The van der Waals surface area contributed by atoms with Crippen LogP contribution >= 0.6 is 11.6 Å². The van der Waals surface area contributed by atoms with Crippen LogP contribution in [0.3, 0.4) is 0 Å². The third-order valence-corrected chi connectivity index (χ3v) is 3.38. The quantitative estimate of drug-likeness (QED) is 0.816. The van der Waals surface area contributed by atoms with E-state index >= 15 is 0 Å². The van der Waals surface area contributed by atoms with Gasteiger partial charge >= 0.3 is 0 Å². The van der Waals surface area contributed by atoms with E-state index < -0.39 is 0 Å². The number of hydrogen-bond acceptors (Lipinski definition) is 2. The smallest absolute Gasteiger partial charge is 0.255 e. The Bertz CT molecular complexity index is 638. The van der Waals surface area contributed by atoms with Crippen LogP contribution in [0.5, 0.6) is 5.75 Å². The van der Waals surface area contributed by atoms with Crippen molar-refractivity contribution >= 4 is 23.2 Å². The number of benzene rings is 2. The number of carbonyl (C=O) groups is 1. The lowest BCUT2D eigenvalue weighted by molar-refractivity contribution is 0.102. The molecule has 0 unspecified atom stereocenters. The summed E-state index contributed by atoms with van der Waals surface area (Å²) in [4.78, 5) is 12.2. The van der Waals surface area contributed by atoms with E-state index in [1.807, 2.05) is 0 Å². The summed E-state index contributed by atoms with van der Waals surface area (Å²) in [6, 6.07) is 10.1. The molecule has 0 radical (unpaired) electrons. The maximum atomic E-state index is 12.2. The van der Waals surface area contributed by atoms with Gasteiger partial charge in [0.25, 0.3) is 5.91 Å². The molecular formula is C15H14ClNO2. The number of rotatable bonds is 2. The number of anilines is 1. The van der Waals surface area contributed by atoms with E-state index in [0.717, 1.165) is 5.56 Å². The first kappa shape index (κ1) is 13.4. The second-order valence-electron chi connectivity index (χ2n) is 4.37. The Hall–Kier alpha value is -2.00. The first-order valence-electron chi connectivity index (χ1n) is 5.85. The van der Waals surface area contributed by atoms with Crippen molar-refractivity contribution in [2.75, 3.05) is 5.32 Å². The maximum Gasteiger partial charge on any atom is 0.255 e. The summed E-state index contributed by atoms with van der Waals surface area (Å²) in [5.41, 5.74) is 2.63. The van der Waals surface area contributed by atoms with Gasteiger partial charge in [-0.25, -0.2) is 0 Å². The number of aryl methyl sites for hydroxylation is 1. The van der Waals surface area contributed by atoms with Crippen LogP contribution in [0, 0.1) is 13.8 Å². The van der Waals surface area contributed by atoms with Gasteiger partial charge in [0.1, 0.15) is 5.75 Å². The van der Waals surface area contributed by atoms with Gasteiger partial charge in [0.05, 0.1) is 0 Å². The van der Waals surface area contributed by atoms with Gasteiger partial charge in [0.15, 0.2) is 0 Å². The summed E-state index contributed by atoms with van der Waals surface area (Å²) < 4.78 is 0. The zero-order chi connectivity index (χ0) is 14.0. The summed E-state index contributed by atoms with van der Waals surface area (Å²) in [5.74, 6) is -0.0120. The highest BCUT2D eigenvalue weighted by Crippen LogP contribution is 2.22. The summed E-state index contributed by atoms with van der Waals surface area (Å²) in [5, 5.41) is 12.8. The van der Waals surface area contributed by atoms with Crippen LogP contribution in [0.15, 0.2) is 36.4 Å². The number of amides is 1. The van der Waals surface area contributed by atoms with Crippen LogP contribution in [-0.4, -0.2) is 11.0 Å². The minimum absolute atomic E-state index is 0.205. The molecule has 2 aromatic carbocycles. The highest BCUT2D eigenvalue weighted by molar-refractivity contribution is 6.32. The van der Waals surface area contributed by atoms with Crippen molar-refractivity contribution in [3.05, 3.63) is 58.1 Å². The number of hydrogen-bond donors (Lipinski definition) is 2. The van der Waals surface area contributed by atoms with Crippen LogP contribution in [0.1, 0.15) is 21.5 Å². The monoisotopic (exact) mass is 275 g/mol. The Morgan fingerprint density at radius 2 is 1.95 bits per heavy atom. The molecule has 0 fully saturated rings. The number of halogens is 1. The lowest BCUT2D eigenvalue weighted by Crippen LogP contribution is -2.13. The van der Waals surface area contributed by atoms with Crippen molar-refractivity contribution in [2.45, 2.75) is 13.8 Å². The predicted octanol–water partition coefficient (Wildman–Crippen LogP) is 3.91. The van der Waals surface area contributed by atoms with E-state index in [-0.39, 0.29) is 11.7 Å². The molecule has 3 nitrogen and oxygen atoms in total. The molecule has 0 heterocycles. The maximum absolute atomic E-state index is 12.2. The third-order valence-electron chi connectivity index (χ3n) is 2.97. The second-order valence-corrected chi connectivity index (χ2v) is 4.77. The Kier molecular flexibility index (Phi) is 3.76. The van der Waals surface area contributed by atoms with E-state index in [1.54, 1.807) is 50.2 Å². The number of nitrogens with one attached hydrogen (secondary N) is 1. The Labute approximate surface area is 116 Å². The minimum atomic E-state index is -0.218. The van der Waals surface area contributed by atoms with Crippen molar-refractivity contribution < 1.29 is 9.90 Å². The van der Waals surface area contributed by atoms with E-state index in [1.165, 1.54) is 0 Å². The summed E-state index contributed by atoms with van der Waals surface area (Å²) >= 11 is 5.99. The highest BCUT2D eigenvalue weighted by Gasteiger charge is 2.11. The standard InChI is InChI=1S/C15H14ClNO2/c1-9-8-11(6-7-14(9)18)17-15(19)12-4-3-5-13(16)10(12)2/h3-8,18H,1-2H3,(H,17,19). The molecule has 2 N–H and O–H groups in total. The molecule has 1 amide bonds. The average molecular weight is 276 g/mol. The zero-order valence-corrected chi connectivity index (χ0v) is 11.5.